The number of nitrogens with zero attached hydrogens (tertiary/aromatic N) is 1. The molecule has 0 aliphatic rings. The van der Waals surface area contributed by atoms with E-state index in [1.165, 1.54) is 0 Å². The number of hydrogen-bond donors (Lipinski definition) is 1. The van der Waals surface area contributed by atoms with Gasteiger partial charge in [0.2, 0.25) is 0 Å². The second-order valence-electron chi connectivity index (χ2n) is 3.56. The van der Waals surface area contributed by atoms with Crippen LogP contribution in [-0.4, -0.2) is 48.3 Å². The Kier molecular flexibility index (Phi) is 8.85. The Bertz CT molecular complexity index is 206. The van der Waals surface area contributed by atoms with E-state index in [1.807, 2.05) is 11.8 Å². The number of aliphatic hydroxyl groups is 1. The molecule has 0 aromatic rings. The SMILES string of the molecule is C=CCN(CCO)C(CCC)C(=O)OCC. The van der Waals surface area contributed by atoms with Crippen molar-refractivity contribution in [3.63, 3.8) is 0 Å². The Morgan fingerprint density at radius 3 is 2.69 bits per heavy atom. The second-order valence-corrected chi connectivity index (χ2v) is 3.56. The maximum Gasteiger partial charge on any atom is 0.323 e. The summed E-state index contributed by atoms with van der Waals surface area (Å²) in [5, 5.41) is 8.96. The summed E-state index contributed by atoms with van der Waals surface area (Å²) in [6.07, 6.45) is 3.38. The molecule has 4 nitrogen and oxygen atoms in total. The van der Waals surface area contributed by atoms with E-state index >= 15 is 0 Å². The summed E-state index contributed by atoms with van der Waals surface area (Å²) in [6, 6.07) is -0.268. The molecule has 0 saturated carbocycles. The Balaban J connectivity index is 4.53. The monoisotopic (exact) mass is 229 g/mol. The van der Waals surface area contributed by atoms with Crippen LogP contribution in [0, 0.1) is 0 Å². The van der Waals surface area contributed by atoms with Crippen molar-refractivity contribution in [2.24, 2.45) is 0 Å². The molecule has 0 heterocycles. The lowest BCUT2D eigenvalue weighted by Crippen LogP contribution is -2.43. The minimum Gasteiger partial charge on any atom is -0.465 e. The van der Waals surface area contributed by atoms with Gasteiger partial charge in [0.15, 0.2) is 0 Å². The Labute approximate surface area is 97.9 Å². The number of carbonyl (C=O) groups is 1. The molecular weight excluding hydrogens is 206 g/mol. The highest BCUT2D eigenvalue weighted by Crippen LogP contribution is 2.09. The first-order chi connectivity index (χ1) is 7.71. The van der Waals surface area contributed by atoms with Crippen LogP contribution in [-0.2, 0) is 9.53 Å². The highest BCUT2D eigenvalue weighted by atomic mass is 16.5. The lowest BCUT2D eigenvalue weighted by molar-refractivity contribution is -0.149. The molecule has 0 aliphatic carbocycles. The molecule has 4 heteroatoms. The van der Waals surface area contributed by atoms with Crippen molar-refractivity contribution in [1.29, 1.82) is 0 Å². The Morgan fingerprint density at radius 1 is 1.56 bits per heavy atom. The molecule has 0 bridgehead atoms. The van der Waals surface area contributed by atoms with Gasteiger partial charge >= 0.3 is 5.97 Å². The first-order valence-corrected chi connectivity index (χ1v) is 5.83. The predicted octanol–water partition coefficient (Wildman–Crippen LogP) is 1.20. The van der Waals surface area contributed by atoms with E-state index in [9.17, 15) is 4.79 Å². The number of ether oxygens (including phenoxy) is 1. The molecule has 16 heavy (non-hydrogen) atoms. The van der Waals surface area contributed by atoms with Crippen molar-refractivity contribution < 1.29 is 14.6 Å². The molecule has 0 spiro atoms. The molecule has 0 aliphatic heterocycles. The van der Waals surface area contributed by atoms with E-state index in [4.69, 9.17) is 9.84 Å². The summed E-state index contributed by atoms with van der Waals surface area (Å²) in [4.78, 5) is 13.6. The zero-order valence-electron chi connectivity index (χ0n) is 10.3. The number of esters is 1. The quantitative estimate of drug-likeness (QED) is 0.477. The summed E-state index contributed by atoms with van der Waals surface area (Å²) in [5.41, 5.74) is 0. The van der Waals surface area contributed by atoms with Crippen LogP contribution in [0.4, 0.5) is 0 Å². The van der Waals surface area contributed by atoms with Crippen LogP contribution in [0.15, 0.2) is 12.7 Å². The molecule has 0 amide bonds. The van der Waals surface area contributed by atoms with Crippen LogP contribution in [0.2, 0.25) is 0 Å². The number of aliphatic hydroxyl groups excluding tert-OH is 1. The van der Waals surface area contributed by atoms with E-state index < -0.39 is 0 Å². The average Bonchev–Trinajstić information content (AvgIpc) is 2.26. The lowest BCUT2D eigenvalue weighted by atomic mass is 10.1. The fourth-order valence-electron chi connectivity index (χ4n) is 1.63. The molecule has 0 radical (unpaired) electrons. The van der Waals surface area contributed by atoms with Gasteiger partial charge in [0.1, 0.15) is 6.04 Å². The Morgan fingerprint density at radius 2 is 2.25 bits per heavy atom. The molecule has 0 fully saturated rings. The van der Waals surface area contributed by atoms with Gasteiger partial charge < -0.3 is 9.84 Å². The highest BCUT2D eigenvalue weighted by Gasteiger charge is 2.24. The number of hydrogen-bond acceptors (Lipinski definition) is 4. The van der Waals surface area contributed by atoms with Crippen molar-refractivity contribution in [3.05, 3.63) is 12.7 Å². The summed E-state index contributed by atoms with van der Waals surface area (Å²) >= 11 is 0. The standard InChI is InChI=1S/C12H23NO3/c1-4-7-11(12(15)16-6-3)13(8-5-2)9-10-14/h5,11,14H,2,4,6-10H2,1,3H3. The summed E-state index contributed by atoms with van der Waals surface area (Å²) in [6.45, 7) is 8.96. The second kappa shape index (κ2) is 9.36. The van der Waals surface area contributed by atoms with Crippen molar-refractivity contribution in [2.45, 2.75) is 32.7 Å². The topological polar surface area (TPSA) is 49.8 Å². The van der Waals surface area contributed by atoms with Crippen LogP contribution >= 0.6 is 0 Å². The number of carbonyl (C=O) groups excluding carboxylic acids is 1. The maximum absolute atomic E-state index is 11.7. The lowest BCUT2D eigenvalue weighted by Gasteiger charge is -2.28. The Hall–Kier alpha value is -0.870. The third kappa shape index (κ3) is 5.28. The first kappa shape index (κ1) is 15.1. The molecule has 0 saturated heterocycles. The largest absolute Gasteiger partial charge is 0.465 e. The zero-order chi connectivity index (χ0) is 12.4. The summed E-state index contributed by atoms with van der Waals surface area (Å²) < 4.78 is 5.03. The zero-order valence-corrected chi connectivity index (χ0v) is 10.3. The summed E-state index contributed by atoms with van der Waals surface area (Å²) in [5.74, 6) is -0.209. The van der Waals surface area contributed by atoms with E-state index in [0.29, 0.717) is 19.7 Å². The minimum absolute atomic E-state index is 0.0352. The molecule has 1 unspecified atom stereocenters. The van der Waals surface area contributed by atoms with Gasteiger partial charge in [-0.2, -0.15) is 0 Å². The van der Waals surface area contributed by atoms with E-state index in [1.54, 1.807) is 13.0 Å². The normalized spacial score (nSPS) is 12.5. The van der Waals surface area contributed by atoms with E-state index in [2.05, 4.69) is 6.58 Å². The molecule has 0 rings (SSSR count). The summed E-state index contributed by atoms with van der Waals surface area (Å²) in [7, 11) is 0. The van der Waals surface area contributed by atoms with Gasteiger partial charge in [-0.3, -0.25) is 9.69 Å². The third-order valence-electron chi connectivity index (χ3n) is 2.31. The first-order valence-electron chi connectivity index (χ1n) is 5.83. The van der Waals surface area contributed by atoms with Gasteiger partial charge in [-0.1, -0.05) is 19.4 Å². The van der Waals surface area contributed by atoms with Crippen molar-refractivity contribution in [3.8, 4) is 0 Å². The molecular formula is C12H23NO3. The van der Waals surface area contributed by atoms with Gasteiger partial charge in [0.05, 0.1) is 13.2 Å². The predicted molar refractivity (Wildman–Crippen MR) is 64.2 cm³/mol. The van der Waals surface area contributed by atoms with E-state index in [-0.39, 0.29) is 18.6 Å². The van der Waals surface area contributed by atoms with Gasteiger partial charge in [-0.25, -0.2) is 0 Å². The van der Waals surface area contributed by atoms with Crippen LogP contribution in [0.5, 0.6) is 0 Å². The van der Waals surface area contributed by atoms with Crippen molar-refractivity contribution in [2.75, 3.05) is 26.3 Å². The van der Waals surface area contributed by atoms with Crippen molar-refractivity contribution >= 4 is 5.97 Å². The molecule has 1 atom stereocenters. The minimum atomic E-state index is -0.268. The van der Waals surface area contributed by atoms with Crippen LogP contribution in [0.1, 0.15) is 26.7 Å². The molecule has 0 aromatic carbocycles. The molecule has 0 aromatic heterocycles. The molecule has 1 N–H and O–H groups in total. The van der Waals surface area contributed by atoms with Crippen molar-refractivity contribution in [1.82, 2.24) is 4.90 Å². The van der Waals surface area contributed by atoms with Gasteiger partial charge in [0.25, 0.3) is 0 Å². The smallest absolute Gasteiger partial charge is 0.323 e. The van der Waals surface area contributed by atoms with Crippen LogP contribution in [0.3, 0.4) is 0 Å². The van der Waals surface area contributed by atoms with Crippen LogP contribution in [0.25, 0.3) is 0 Å². The van der Waals surface area contributed by atoms with E-state index in [0.717, 1.165) is 12.8 Å². The van der Waals surface area contributed by atoms with Gasteiger partial charge in [-0.05, 0) is 13.3 Å². The third-order valence-corrected chi connectivity index (χ3v) is 2.31. The highest BCUT2D eigenvalue weighted by molar-refractivity contribution is 5.75. The van der Waals surface area contributed by atoms with Crippen LogP contribution < -0.4 is 0 Å². The maximum atomic E-state index is 11.7. The molecule has 94 valence electrons. The van der Waals surface area contributed by atoms with Gasteiger partial charge in [0, 0.05) is 13.1 Å². The average molecular weight is 229 g/mol. The number of rotatable bonds is 9. The fraction of sp³-hybridized carbons (Fsp3) is 0.750. The van der Waals surface area contributed by atoms with Gasteiger partial charge in [-0.15, -0.1) is 6.58 Å². The fourth-order valence-corrected chi connectivity index (χ4v) is 1.63.